The molecule has 0 fully saturated rings. The lowest BCUT2D eigenvalue weighted by Crippen LogP contribution is -2.01. The van der Waals surface area contributed by atoms with Crippen LogP contribution in [0, 0.1) is 11.3 Å². The molecule has 2 rings (SSSR count). The van der Waals surface area contributed by atoms with Gasteiger partial charge in [-0.15, -0.1) is 0 Å². The van der Waals surface area contributed by atoms with Crippen molar-refractivity contribution in [2.75, 3.05) is 0 Å². The maximum Gasteiger partial charge on any atom is 0.146 e. The van der Waals surface area contributed by atoms with Crippen LogP contribution in [0.3, 0.4) is 0 Å². The smallest absolute Gasteiger partial charge is 0.146 e. The van der Waals surface area contributed by atoms with Crippen LogP contribution in [-0.4, -0.2) is 9.97 Å². The van der Waals surface area contributed by atoms with Crippen molar-refractivity contribution in [1.82, 2.24) is 9.97 Å². The van der Waals surface area contributed by atoms with Crippen molar-refractivity contribution in [3.8, 4) is 17.3 Å². The maximum atomic E-state index is 9.03. The van der Waals surface area contributed by atoms with Crippen LogP contribution >= 0.6 is 11.6 Å². The summed E-state index contributed by atoms with van der Waals surface area (Å²) in [6.45, 7) is 1.95. The Morgan fingerprint density at radius 3 is 2.61 bits per heavy atom. The van der Waals surface area contributed by atoms with Gasteiger partial charge >= 0.3 is 0 Å². The normalized spacial score (nSPS) is 11.8. The predicted octanol–water partition coefficient (Wildman–Crippen LogP) is 3.81. The fourth-order valence-electron chi connectivity index (χ4n) is 1.65. The lowest BCUT2D eigenvalue weighted by atomic mass is 10.1. The van der Waals surface area contributed by atoms with E-state index in [1.54, 1.807) is 6.20 Å². The van der Waals surface area contributed by atoms with E-state index in [1.165, 1.54) is 0 Å². The first kappa shape index (κ1) is 12.5. The summed E-state index contributed by atoms with van der Waals surface area (Å²) in [5, 5.41) is 9.72. The minimum absolute atomic E-state index is 0.253. The van der Waals surface area contributed by atoms with Gasteiger partial charge in [-0.05, 0) is 24.6 Å². The Balaban J connectivity index is 2.38. The minimum Gasteiger partial charge on any atom is -0.240 e. The van der Waals surface area contributed by atoms with Crippen LogP contribution in [0.5, 0.6) is 0 Å². The molecular weight excluding hydrogens is 246 g/mol. The maximum absolute atomic E-state index is 9.03. The summed E-state index contributed by atoms with van der Waals surface area (Å²) in [6.07, 6.45) is 2.40. The summed E-state index contributed by atoms with van der Waals surface area (Å²) < 4.78 is 0. The molecule has 0 amide bonds. The van der Waals surface area contributed by atoms with Crippen molar-refractivity contribution in [3.63, 3.8) is 0 Å². The summed E-state index contributed by atoms with van der Waals surface area (Å²) in [5.41, 5.74) is 1.78. The molecule has 0 aliphatic heterocycles. The highest BCUT2D eigenvalue weighted by Gasteiger charge is 2.12. The van der Waals surface area contributed by atoms with Gasteiger partial charge in [0.1, 0.15) is 11.7 Å². The van der Waals surface area contributed by atoms with Crippen molar-refractivity contribution in [2.45, 2.75) is 19.3 Å². The fraction of sp³-hybridized carbons (Fsp3) is 0.214. The zero-order valence-electron chi connectivity index (χ0n) is 9.97. The van der Waals surface area contributed by atoms with Crippen molar-refractivity contribution in [1.29, 1.82) is 5.26 Å². The van der Waals surface area contributed by atoms with Gasteiger partial charge in [-0.1, -0.05) is 30.7 Å². The SMILES string of the molecule is CCC(C#N)c1nccc(-c2ccc(Cl)cc2)n1. The Morgan fingerprint density at radius 2 is 2.00 bits per heavy atom. The first-order valence-corrected chi connectivity index (χ1v) is 6.11. The predicted molar refractivity (Wildman–Crippen MR) is 71.1 cm³/mol. The average molecular weight is 258 g/mol. The zero-order valence-corrected chi connectivity index (χ0v) is 10.7. The average Bonchev–Trinajstić information content (AvgIpc) is 2.41. The zero-order chi connectivity index (χ0) is 13.0. The number of hydrogen-bond donors (Lipinski definition) is 0. The monoisotopic (exact) mass is 257 g/mol. The van der Waals surface area contributed by atoms with E-state index in [-0.39, 0.29) is 5.92 Å². The molecule has 0 saturated carbocycles. The molecule has 0 aliphatic carbocycles. The molecule has 18 heavy (non-hydrogen) atoms. The van der Waals surface area contributed by atoms with E-state index in [2.05, 4.69) is 16.0 Å². The van der Waals surface area contributed by atoms with E-state index in [0.717, 1.165) is 11.3 Å². The number of rotatable bonds is 3. The number of hydrogen-bond acceptors (Lipinski definition) is 3. The number of nitriles is 1. The molecule has 0 aliphatic rings. The lowest BCUT2D eigenvalue weighted by molar-refractivity contribution is 0.752. The Bertz CT molecular complexity index is 572. The van der Waals surface area contributed by atoms with Crippen molar-refractivity contribution in [2.24, 2.45) is 0 Å². The lowest BCUT2D eigenvalue weighted by Gasteiger charge is -2.06. The van der Waals surface area contributed by atoms with Crippen LogP contribution in [0.15, 0.2) is 36.5 Å². The second-order valence-electron chi connectivity index (χ2n) is 3.90. The summed E-state index contributed by atoms with van der Waals surface area (Å²) in [4.78, 5) is 8.60. The molecule has 0 radical (unpaired) electrons. The molecule has 1 unspecified atom stereocenters. The number of benzene rings is 1. The van der Waals surface area contributed by atoms with Crippen LogP contribution < -0.4 is 0 Å². The first-order chi connectivity index (χ1) is 8.74. The van der Waals surface area contributed by atoms with Gasteiger partial charge in [-0.3, -0.25) is 0 Å². The van der Waals surface area contributed by atoms with Gasteiger partial charge in [0.05, 0.1) is 11.8 Å². The van der Waals surface area contributed by atoms with E-state index >= 15 is 0 Å². The minimum atomic E-state index is -0.253. The van der Waals surface area contributed by atoms with Gasteiger partial charge in [0, 0.05) is 16.8 Å². The Kier molecular flexibility index (Phi) is 3.91. The molecule has 0 spiro atoms. The largest absolute Gasteiger partial charge is 0.240 e. The van der Waals surface area contributed by atoms with Crippen LogP contribution in [0.4, 0.5) is 0 Å². The van der Waals surface area contributed by atoms with E-state index < -0.39 is 0 Å². The fourth-order valence-corrected chi connectivity index (χ4v) is 1.78. The quantitative estimate of drug-likeness (QED) is 0.840. The van der Waals surface area contributed by atoms with Crippen LogP contribution in [-0.2, 0) is 0 Å². The van der Waals surface area contributed by atoms with Crippen LogP contribution in [0.25, 0.3) is 11.3 Å². The number of aromatic nitrogens is 2. The third kappa shape index (κ3) is 2.66. The van der Waals surface area contributed by atoms with Gasteiger partial charge in [0.2, 0.25) is 0 Å². The van der Waals surface area contributed by atoms with Crippen LogP contribution in [0.1, 0.15) is 25.1 Å². The Labute approximate surface area is 111 Å². The Hall–Kier alpha value is -1.92. The second-order valence-corrected chi connectivity index (χ2v) is 4.33. The van der Waals surface area contributed by atoms with E-state index in [1.807, 2.05) is 37.3 Å². The Morgan fingerprint density at radius 1 is 1.28 bits per heavy atom. The highest BCUT2D eigenvalue weighted by atomic mass is 35.5. The van der Waals surface area contributed by atoms with Crippen molar-refractivity contribution in [3.05, 3.63) is 47.4 Å². The van der Waals surface area contributed by atoms with Crippen LogP contribution in [0.2, 0.25) is 5.02 Å². The highest BCUT2D eigenvalue weighted by Crippen LogP contribution is 2.21. The second kappa shape index (κ2) is 5.61. The van der Waals surface area contributed by atoms with Crippen molar-refractivity contribution < 1.29 is 0 Å². The molecule has 0 saturated heterocycles. The first-order valence-electron chi connectivity index (χ1n) is 5.73. The highest BCUT2D eigenvalue weighted by molar-refractivity contribution is 6.30. The standard InChI is InChI=1S/C14H12ClN3/c1-2-10(9-16)14-17-8-7-13(18-14)11-3-5-12(15)6-4-11/h3-8,10H,2H2,1H3. The molecule has 1 heterocycles. The van der Waals surface area contributed by atoms with Gasteiger partial charge in [-0.2, -0.15) is 5.26 Å². The van der Waals surface area contributed by atoms with Gasteiger partial charge in [0.25, 0.3) is 0 Å². The molecule has 90 valence electrons. The molecule has 1 aromatic heterocycles. The summed E-state index contributed by atoms with van der Waals surface area (Å²) >= 11 is 5.85. The van der Waals surface area contributed by atoms with Gasteiger partial charge < -0.3 is 0 Å². The van der Waals surface area contributed by atoms with E-state index in [9.17, 15) is 0 Å². The topological polar surface area (TPSA) is 49.6 Å². The summed E-state index contributed by atoms with van der Waals surface area (Å²) in [5.74, 6) is 0.324. The summed E-state index contributed by atoms with van der Waals surface area (Å²) in [6, 6.07) is 11.5. The molecule has 1 atom stereocenters. The molecule has 4 heteroatoms. The van der Waals surface area contributed by atoms with E-state index in [4.69, 9.17) is 16.9 Å². The third-order valence-electron chi connectivity index (χ3n) is 2.69. The number of nitrogens with zero attached hydrogens (tertiary/aromatic N) is 3. The molecule has 2 aromatic rings. The van der Waals surface area contributed by atoms with Gasteiger partial charge in [-0.25, -0.2) is 9.97 Å². The molecular formula is C14H12ClN3. The molecule has 0 N–H and O–H groups in total. The van der Waals surface area contributed by atoms with E-state index in [0.29, 0.717) is 17.3 Å². The number of halogens is 1. The molecule has 0 bridgehead atoms. The molecule has 1 aromatic carbocycles. The summed E-state index contributed by atoms with van der Waals surface area (Å²) in [7, 11) is 0. The van der Waals surface area contributed by atoms with Crippen molar-refractivity contribution >= 4 is 11.6 Å². The van der Waals surface area contributed by atoms with Gasteiger partial charge in [0.15, 0.2) is 0 Å². The molecule has 3 nitrogen and oxygen atoms in total. The third-order valence-corrected chi connectivity index (χ3v) is 2.94.